The molecule has 10 aromatic rings. The third-order valence-corrected chi connectivity index (χ3v) is 12.6. The van der Waals surface area contributed by atoms with Crippen LogP contribution in [0.2, 0.25) is 0 Å². The molecule has 0 saturated carbocycles. The molecule has 1 aliphatic carbocycles. The molecule has 0 radical (unpaired) electrons. The number of hydrogen-bond acceptors (Lipinski definition) is 6. The number of hydrogen-bond donors (Lipinski definition) is 0. The number of para-hydroxylation sites is 1. The van der Waals surface area contributed by atoms with Crippen LogP contribution in [0.15, 0.2) is 152 Å². The van der Waals surface area contributed by atoms with Crippen LogP contribution in [0.3, 0.4) is 0 Å². The molecule has 1 aliphatic rings. The number of nitrogens with zero attached hydrogens (tertiary/aromatic N) is 5. The van der Waals surface area contributed by atoms with E-state index < -0.39 is 0 Å². The lowest BCUT2D eigenvalue weighted by atomic mass is 9.82. The molecule has 3 heterocycles. The fourth-order valence-electron chi connectivity index (χ4n) is 8.59. The molecule has 0 spiro atoms. The van der Waals surface area contributed by atoms with Crippen molar-refractivity contribution in [3.8, 4) is 62.6 Å². The second kappa shape index (κ2) is 12.2. The maximum Gasteiger partial charge on any atom is 0.165 e. The first-order valence-electron chi connectivity index (χ1n) is 18.7. The maximum atomic E-state index is 9.53. The molecule has 7 aromatic carbocycles. The van der Waals surface area contributed by atoms with Crippen molar-refractivity contribution in [2.45, 2.75) is 19.3 Å². The van der Waals surface area contributed by atoms with Crippen LogP contribution in [0.4, 0.5) is 0 Å². The molecule has 3 aromatic heterocycles. The molecule has 0 saturated heterocycles. The lowest BCUT2D eigenvalue weighted by Gasteiger charge is -2.21. The Morgan fingerprint density at radius 3 is 1.96 bits per heavy atom. The molecule has 262 valence electrons. The monoisotopic (exact) mass is 733 g/mol. The van der Waals surface area contributed by atoms with Crippen molar-refractivity contribution in [2.24, 2.45) is 0 Å². The molecule has 11 rings (SSSR count). The Labute approximate surface area is 327 Å². The zero-order chi connectivity index (χ0) is 37.5. The molecule has 6 heteroatoms. The molecular formula is C50H31N5S. The van der Waals surface area contributed by atoms with E-state index in [2.05, 4.69) is 141 Å². The number of fused-ring (bicyclic) bond motifs is 10. The van der Waals surface area contributed by atoms with Crippen molar-refractivity contribution in [2.75, 3.05) is 0 Å². The number of pyridine rings is 1. The van der Waals surface area contributed by atoms with Crippen LogP contribution < -0.4 is 0 Å². The van der Waals surface area contributed by atoms with Gasteiger partial charge in [-0.15, -0.1) is 11.3 Å². The van der Waals surface area contributed by atoms with Crippen LogP contribution >= 0.6 is 11.3 Å². The number of nitriles is 1. The van der Waals surface area contributed by atoms with Gasteiger partial charge in [-0.2, -0.15) is 5.26 Å². The maximum absolute atomic E-state index is 9.53. The van der Waals surface area contributed by atoms with Gasteiger partial charge in [-0.1, -0.05) is 123 Å². The molecule has 0 N–H and O–H groups in total. The number of benzene rings is 7. The van der Waals surface area contributed by atoms with Crippen LogP contribution in [-0.4, -0.2) is 19.9 Å². The van der Waals surface area contributed by atoms with Gasteiger partial charge in [0.2, 0.25) is 0 Å². The van der Waals surface area contributed by atoms with Crippen LogP contribution in [0.25, 0.3) is 98.4 Å². The lowest BCUT2D eigenvalue weighted by molar-refractivity contribution is 0.660. The summed E-state index contributed by atoms with van der Waals surface area (Å²) in [6.07, 6.45) is 0. The van der Waals surface area contributed by atoms with Gasteiger partial charge in [-0.25, -0.2) is 19.9 Å². The fourth-order valence-corrected chi connectivity index (χ4v) is 9.96. The van der Waals surface area contributed by atoms with E-state index in [1.165, 1.54) is 37.7 Å². The largest absolute Gasteiger partial charge is 0.247 e. The summed E-state index contributed by atoms with van der Waals surface area (Å²) in [7, 11) is 0. The Kier molecular flexibility index (Phi) is 7.07. The van der Waals surface area contributed by atoms with Gasteiger partial charge in [-0.05, 0) is 64.7 Å². The SMILES string of the molecule is CC1(C)c2ccccc2-c2cc(-c3nc(-c4ccc(C#N)cc4)nc(-c4cccc5c4sc4c5ccc5c(-c6ccccc6)nc6ccccc6c54)n3)ccc21. The van der Waals surface area contributed by atoms with Gasteiger partial charge < -0.3 is 0 Å². The Hall–Kier alpha value is -7.07. The minimum atomic E-state index is -0.105. The predicted molar refractivity (Wildman–Crippen MR) is 230 cm³/mol. The van der Waals surface area contributed by atoms with E-state index in [-0.39, 0.29) is 5.41 Å². The Morgan fingerprint density at radius 2 is 1.12 bits per heavy atom. The van der Waals surface area contributed by atoms with Crippen molar-refractivity contribution in [3.05, 3.63) is 168 Å². The minimum absolute atomic E-state index is 0.105. The Bertz CT molecular complexity index is 3280. The second-order valence-electron chi connectivity index (χ2n) is 14.9. The Morgan fingerprint density at radius 1 is 0.482 bits per heavy atom. The summed E-state index contributed by atoms with van der Waals surface area (Å²) in [6, 6.07) is 54.8. The number of rotatable bonds is 4. The molecule has 0 unspecified atom stereocenters. The van der Waals surface area contributed by atoms with E-state index in [1.54, 1.807) is 11.3 Å². The average molecular weight is 734 g/mol. The van der Waals surface area contributed by atoms with Gasteiger partial charge in [-0.3, -0.25) is 0 Å². The third kappa shape index (κ3) is 4.85. The van der Waals surface area contributed by atoms with Crippen LogP contribution in [0.5, 0.6) is 0 Å². The van der Waals surface area contributed by atoms with E-state index >= 15 is 0 Å². The van der Waals surface area contributed by atoms with Crippen LogP contribution in [0.1, 0.15) is 30.5 Å². The van der Waals surface area contributed by atoms with Crippen molar-refractivity contribution in [1.82, 2.24) is 19.9 Å². The third-order valence-electron chi connectivity index (χ3n) is 11.4. The fraction of sp³-hybridized carbons (Fsp3) is 0.0600. The topological polar surface area (TPSA) is 75.3 Å². The molecule has 0 amide bonds. The zero-order valence-corrected chi connectivity index (χ0v) is 31.4. The van der Waals surface area contributed by atoms with Gasteiger partial charge in [0.15, 0.2) is 17.5 Å². The predicted octanol–water partition coefficient (Wildman–Crippen LogP) is 12.8. The highest BCUT2D eigenvalue weighted by molar-refractivity contribution is 7.27. The van der Waals surface area contributed by atoms with Gasteiger partial charge in [0.05, 0.1) is 22.8 Å². The molecule has 0 atom stereocenters. The first-order chi connectivity index (χ1) is 27.5. The molecule has 56 heavy (non-hydrogen) atoms. The molecule has 0 aliphatic heterocycles. The molecule has 5 nitrogen and oxygen atoms in total. The molecular weight excluding hydrogens is 703 g/mol. The number of aromatic nitrogens is 4. The van der Waals surface area contributed by atoms with E-state index in [0.717, 1.165) is 54.3 Å². The van der Waals surface area contributed by atoms with Crippen LogP contribution in [0, 0.1) is 11.3 Å². The summed E-state index contributed by atoms with van der Waals surface area (Å²) < 4.78 is 2.33. The first-order valence-corrected chi connectivity index (χ1v) is 19.5. The van der Waals surface area contributed by atoms with E-state index in [0.29, 0.717) is 23.0 Å². The highest BCUT2D eigenvalue weighted by Crippen LogP contribution is 2.50. The standard InChI is InChI=1S/C50H31N5S/c1-50(2)40-17-8-6-13-33(40)39-27-32(23-26-41(39)50)48-53-47(31-21-19-29(28-51)20-22-31)54-49(55-48)38-16-10-15-34-35-24-25-37-43(46(35)56-45(34)38)36-14-7-9-18-42(36)52-44(37)30-11-4-3-5-12-30/h3-27H,1-2H3. The highest BCUT2D eigenvalue weighted by atomic mass is 32.1. The van der Waals surface area contributed by atoms with Crippen LogP contribution in [-0.2, 0) is 5.41 Å². The summed E-state index contributed by atoms with van der Waals surface area (Å²) in [5.41, 5.74) is 11.3. The smallest absolute Gasteiger partial charge is 0.165 e. The van der Waals surface area contributed by atoms with Gasteiger partial charge in [0.1, 0.15) is 0 Å². The van der Waals surface area contributed by atoms with Gasteiger partial charge in [0.25, 0.3) is 0 Å². The van der Waals surface area contributed by atoms with Gasteiger partial charge >= 0.3 is 0 Å². The summed E-state index contributed by atoms with van der Waals surface area (Å²) in [6.45, 7) is 4.58. The van der Waals surface area contributed by atoms with Crippen molar-refractivity contribution in [3.63, 3.8) is 0 Å². The quantitative estimate of drug-likeness (QED) is 0.168. The molecule has 0 bridgehead atoms. The average Bonchev–Trinajstić information content (AvgIpc) is 3.75. The van der Waals surface area contributed by atoms with E-state index in [4.69, 9.17) is 19.9 Å². The van der Waals surface area contributed by atoms with E-state index in [9.17, 15) is 5.26 Å². The molecule has 0 fully saturated rings. The number of thiophene rings is 1. The second-order valence-corrected chi connectivity index (χ2v) is 15.9. The summed E-state index contributed by atoms with van der Waals surface area (Å²) >= 11 is 1.78. The zero-order valence-electron chi connectivity index (χ0n) is 30.6. The Balaban J connectivity index is 1.16. The van der Waals surface area contributed by atoms with Crippen molar-refractivity contribution < 1.29 is 0 Å². The minimum Gasteiger partial charge on any atom is -0.247 e. The van der Waals surface area contributed by atoms with Gasteiger partial charge in [0, 0.05) is 64.0 Å². The highest BCUT2D eigenvalue weighted by Gasteiger charge is 2.35. The van der Waals surface area contributed by atoms with E-state index in [1.807, 2.05) is 30.3 Å². The summed E-state index contributed by atoms with van der Waals surface area (Å²) in [5, 5.41) is 15.3. The lowest BCUT2D eigenvalue weighted by Crippen LogP contribution is -2.14. The normalized spacial score (nSPS) is 12.9. The van der Waals surface area contributed by atoms with Crippen molar-refractivity contribution in [1.29, 1.82) is 5.26 Å². The summed E-state index contributed by atoms with van der Waals surface area (Å²) in [4.78, 5) is 20.7. The summed E-state index contributed by atoms with van der Waals surface area (Å²) in [5.74, 6) is 1.77. The van der Waals surface area contributed by atoms with Crippen molar-refractivity contribution >= 4 is 53.2 Å². The first kappa shape index (κ1) is 32.4.